The van der Waals surface area contributed by atoms with Gasteiger partial charge in [0.1, 0.15) is 4.21 Å². The van der Waals surface area contributed by atoms with Gasteiger partial charge in [0, 0.05) is 29.4 Å². The van der Waals surface area contributed by atoms with E-state index < -0.39 is 16.0 Å². The van der Waals surface area contributed by atoms with Gasteiger partial charge in [-0.05, 0) is 24.0 Å². The van der Waals surface area contributed by atoms with E-state index in [1.54, 1.807) is 12.5 Å². The van der Waals surface area contributed by atoms with Crippen molar-refractivity contribution in [3.8, 4) is 11.1 Å². The molecule has 0 aliphatic carbocycles. The zero-order valence-electron chi connectivity index (χ0n) is 17.7. The van der Waals surface area contributed by atoms with Crippen LogP contribution in [0, 0.1) is 0 Å². The van der Waals surface area contributed by atoms with E-state index in [0.717, 1.165) is 36.2 Å². The van der Waals surface area contributed by atoms with Gasteiger partial charge < -0.3 is 9.30 Å². The first kappa shape index (κ1) is 23.2. The summed E-state index contributed by atoms with van der Waals surface area (Å²) < 4.78 is 32.2. The highest BCUT2D eigenvalue weighted by atomic mass is 32.2. The Kier molecular flexibility index (Phi) is 7.64. The van der Waals surface area contributed by atoms with Crippen LogP contribution in [0.2, 0.25) is 0 Å². The van der Waals surface area contributed by atoms with Gasteiger partial charge in [-0.25, -0.2) is 23.3 Å². The number of hydrogen-bond acceptors (Lipinski definition) is 6. The number of esters is 1. The number of aryl methyl sites for hydroxylation is 1. The van der Waals surface area contributed by atoms with Crippen LogP contribution in [0.25, 0.3) is 11.1 Å². The fraction of sp³-hybridized carbons (Fsp3) is 0.364. The Balaban J connectivity index is 2.06. The van der Waals surface area contributed by atoms with Gasteiger partial charge in [-0.1, -0.05) is 51.0 Å². The van der Waals surface area contributed by atoms with E-state index in [-0.39, 0.29) is 4.21 Å². The second-order valence-electron chi connectivity index (χ2n) is 7.28. The van der Waals surface area contributed by atoms with Crippen LogP contribution >= 0.6 is 11.3 Å². The number of benzene rings is 1. The van der Waals surface area contributed by atoms with E-state index in [4.69, 9.17) is 9.88 Å². The van der Waals surface area contributed by atoms with Gasteiger partial charge in [0.2, 0.25) is 10.0 Å². The molecule has 31 heavy (non-hydrogen) atoms. The van der Waals surface area contributed by atoms with Crippen LogP contribution in [-0.4, -0.2) is 30.5 Å². The van der Waals surface area contributed by atoms with Crippen molar-refractivity contribution in [2.24, 2.45) is 5.14 Å². The molecule has 166 valence electrons. The number of carbonyl (C=O) groups is 1. The van der Waals surface area contributed by atoms with E-state index in [0.29, 0.717) is 41.1 Å². The van der Waals surface area contributed by atoms with Crippen LogP contribution in [0.4, 0.5) is 0 Å². The van der Waals surface area contributed by atoms with E-state index in [1.165, 1.54) is 0 Å². The lowest BCUT2D eigenvalue weighted by Gasteiger charge is -2.10. The molecule has 0 saturated carbocycles. The highest BCUT2D eigenvalue weighted by Crippen LogP contribution is 2.40. The number of aromatic nitrogens is 2. The SMILES string of the molecule is CCCCOC(=O)c1c(CCC)sc(S(N)(=O)=O)c1-c1ccc(Cn2ccnc2)cc1. The molecule has 0 atom stereocenters. The van der Waals surface area contributed by atoms with Crippen molar-refractivity contribution in [1.29, 1.82) is 0 Å². The lowest BCUT2D eigenvalue weighted by atomic mass is 10.00. The number of rotatable bonds is 10. The molecule has 3 rings (SSSR count). The average molecular weight is 462 g/mol. The summed E-state index contributed by atoms with van der Waals surface area (Å²) in [5, 5.41) is 5.54. The average Bonchev–Trinajstić information content (AvgIpc) is 3.37. The molecule has 0 spiro atoms. The molecular weight excluding hydrogens is 434 g/mol. The van der Waals surface area contributed by atoms with Crippen molar-refractivity contribution < 1.29 is 17.9 Å². The lowest BCUT2D eigenvalue weighted by Crippen LogP contribution is -2.13. The van der Waals surface area contributed by atoms with E-state index in [2.05, 4.69) is 4.98 Å². The van der Waals surface area contributed by atoms with Gasteiger partial charge in [-0.15, -0.1) is 11.3 Å². The number of carbonyl (C=O) groups excluding carboxylic acids is 1. The Bertz CT molecular complexity index is 1120. The third-order valence-corrected chi connectivity index (χ3v) is 7.50. The number of hydrogen-bond donors (Lipinski definition) is 1. The second-order valence-corrected chi connectivity index (χ2v) is 10.1. The van der Waals surface area contributed by atoms with E-state index >= 15 is 0 Å². The predicted octanol–water partition coefficient (Wildman–Crippen LogP) is 4.22. The number of unbranched alkanes of at least 4 members (excludes halogenated alkanes) is 1. The van der Waals surface area contributed by atoms with Gasteiger partial charge in [0.25, 0.3) is 0 Å². The van der Waals surface area contributed by atoms with Gasteiger partial charge in [0.05, 0.1) is 18.5 Å². The van der Waals surface area contributed by atoms with E-state index in [1.807, 2.05) is 48.9 Å². The normalized spacial score (nSPS) is 11.6. The van der Waals surface area contributed by atoms with Crippen LogP contribution in [-0.2, 0) is 27.7 Å². The van der Waals surface area contributed by atoms with E-state index in [9.17, 15) is 13.2 Å². The van der Waals surface area contributed by atoms with Crippen LogP contribution in [0.3, 0.4) is 0 Å². The minimum absolute atomic E-state index is 0.000695. The largest absolute Gasteiger partial charge is 0.462 e. The van der Waals surface area contributed by atoms with Crippen molar-refractivity contribution in [3.63, 3.8) is 0 Å². The summed E-state index contributed by atoms with van der Waals surface area (Å²) in [4.78, 5) is 17.7. The summed E-state index contributed by atoms with van der Waals surface area (Å²) >= 11 is 1.06. The Morgan fingerprint density at radius 3 is 2.52 bits per heavy atom. The third-order valence-electron chi connectivity index (χ3n) is 4.79. The molecule has 0 saturated heterocycles. The Labute approximate surface area is 186 Å². The lowest BCUT2D eigenvalue weighted by molar-refractivity contribution is 0.0500. The molecule has 1 aromatic carbocycles. The first-order valence-corrected chi connectivity index (χ1v) is 12.6. The third kappa shape index (κ3) is 5.61. The molecule has 9 heteroatoms. The minimum Gasteiger partial charge on any atom is -0.462 e. The number of ether oxygens (including phenoxy) is 1. The molecule has 0 aliphatic rings. The molecule has 0 fully saturated rings. The van der Waals surface area contributed by atoms with Gasteiger partial charge in [-0.3, -0.25) is 0 Å². The molecule has 0 unspecified atom stereocenters. The first-order chi connectivity index (χ1) is 14.8. The predicted molar refractivity (Wildman–Crippen MR) is 122 cm³/mol. The summed E-state index contributed by atoms with van der Waals surface area (Å²) in [6, 6.07) is 7.46. The maximum absolute atomic E-state index is 13.0. The number of primary sulfonamides is 1. The quantitative estimate of drug-likeness (QED) is 0.360. The number of sulfonamides is 1. The number of nitrogens with two attached hydrogens (primary N) is 1. The maximum Gasteiger partial charge on any atom is 0.339 e. The fourth-order valence-electron chi connectivity index (χ4n) is 3.29. The summed E-state index contributed by atoms with van der Waals surface area (Å²) in [6.07, 6.45) is 8.30. The summed E-state index contributed by atoms with van der Waals surface area (Å²) in [5.41, 5.74) is 2.30. The van der Waals surface area contributed by atoms with Crippen molar-refractivity contribution in [2.75, 3.05) is 6.61 Å². The van der Waals surface area contributed by atoms with Gasteiger partial charge >= 0.3 is 5.97 Å². The van der Waals surface area contributed by atoms with Crippen LogP contribution < -0.4 is 5.14 Å². The maximum atomic E-state index is 13.0. The molecule has 2 aromatic heterocycles. The van der Waals surface area contributed by atoms with Crippen LogP contribution in [0.1, 0.15) is 53.9 Å². The second kappa shape index (κ2) is 10.2. The molecule has 0 radical (unpaired) electrons. The number of thiophene rings is 1. The zero-order valence-corrected chi connectivity index (χ0v) is 19.3. The van der Waals surface area contributed by atoms with Crippen molar-refractivity contribution in [1.82, 2.24) is 9.55 Å². The molecule has 2 heterocycles. The van der Waals surface area contributed by atoms with Crippen LogP contribution in [0.5, 0.6) is 0 Å². The smallest absolute Gasteiger partial charge is 0.339 e. The first-order valence-electron chi connectivity index (χ1n) is 10.3. The Morgan fingerprint density at radius 2 is 1.94 bits per heavy atom. The summed E-state index contributed by atoms with van der Waals surface area (Å²) in [6.45, 7) is 4.92. The molecule has 0 bridgehead atoms. The van der Waals surface area contributed by atoms with Crippen molar-refractivity contribution in [3.05, 3.63) is 59.0 Å². The van der Waals surface area contributed by atoms with Gasteiger partial charge in [-0.2, -0.15) is 0 Å². The highest BCUT2D eigenvalue weighted by Gasteiger charge is 2.30. The highest BCUT2D eigenvalue weighted by molar-refractivity contribution is 7.91. The zero-order chi connectivity index (χ0) is 22.4. The Hall–Kier alpha value is -2.49. The standard InChI is InChI=1S/C22H27N3O4S2/c1-3-5-13-29-21(26)20-18(6-4-2)30-22(31(23,27)28)19(20)17-9-7-16(8-10-17)14-25-12-11-24-15-25/h7-12,15H,3-6,13-14H2,1-2H3,(H2,23,27,28). The topological polar surface area (TPSA) is 104 Å². The van der Waals surface area contributed by atoms with Crippen molar-refractivity contribution >= 4 is 27.3 Å². The Morgan fingerprint density at radius 1 is 1.19 bits per heavy atom. The van der Waals surface area contributed by atoms with Crippen molar-refractivity contribution in [2.45, 2.75) is 50.3 Å². The molecular formula is C22H27N3O4S2. The van der Waals surface area contributed by atoms with Gasteiger partial charge in [0.15, 0.2) is 0 Å². The summed E-state index contributed by atoms with van der Waals surface area (Å²) in [7, 11) is -4.01. The molecule has 3 aromatic rings. The molecule has 2 N–H and O–H groups in total. The number of nitrogens with zero attached hydrogens (tertiary/aromatic N) is 2. The molecule has 7 nitrogen and oxygen atoms in total. The minimum atomic E-state index is -4.01. The fourth-order valence-corrected chi connectivity index (χ4v) is 5.70. The number of imidazole rings is 1. The molecule has 0 aliphatic heterocycles. The van der Waals surface area contributed by atoms with Crippen LogP contribution in [0.15, 0.2) is 47.2 Å². The monoisotopic (exact) mass is 461 g/mol. The summed E-state index contributed by atoms with van der Waals surface area (Å²) in [5.74, 6) is -0.499. The molecule has 0 amide bonds.